The zero-order valence-corrected chi connectivity index (χ0v) is 38.6. The predicted octanol–water partition coefficient (Wildman–Crippen LogP) is 8.51. The summed E-state index contributed by atoms with van der Waals surface area (Å²) < 4.78 is 50.0. The Morgan fingerprint density at radius 2 is 1.40 bits per heavy atom. The van der Waals surface area contributed by atoms with Crippen LogP contribution >= 0.6 is 8.53 Å². The van der Waals surface area contributed by atoms with Gasteiger partial charge in [0.15, 0.2) is 14.5 Å². The maximum atomic E-state index is 13.6. The topological polar surface area (TPSA) is 147 Å². The molecular formula is C45H61N4O9PSi. The lowest BCUT2D eigenvalue weighted by atomic mass is 9.80. The highest BCUT2D eigenvalue weighted by molar-refractivity contribution is 7.44. The third-order valence-corrected chi connectivity index (χ3v) is 17.8. The number of nitrogens with one attached hydrogen (secondary N) is 1. The summed E-state index contributed by atoms with van der Waals surface area (Å²) >= 11 is 0. The molecule has 1 fully saturated rings. The number of hydrogen-bond acceptors (Lipinski definition) is 11. The number of nitriles is 1. The highest BCUT2D eigenvalue weighted by atomic mass is 31.2. The number of aromatic nitrogens is 2. The lowest BCUT2D eigenvalue weighted by Gasteiger charge is -2.42. The van der Waals surface area contributed by atoms with Gasteiger partial charge in [0.2, 0.25) is 0 Å². The van der Waals surface area contributed by atoms with E-state index < -0.39 is 58.2 Å². The predicted molar refractivity (Wildman–Crippen MR) is 236 cm³/mol. The van der Waals surface area contributed by atoms with E-state index in [1.165, 1.54) is 16.8 Å². The van der Waals surface area contributed by atoms with Crippen LogP contribution in [0.5, 0.6) is 11.5 Å². The second-order valence-electron chi connectivity index (χ2n) is 16.9. The van der Waals surface area contributed by atoms with Gasteiger partial charge >= 0.3 is 5.69 Å². The Balaban J connectivity index is 1.73. The number of ether oxygens (including phenoxy) is 4. The summed E-state index contributed by atoms with van der Waals surface area (Å²) in [5.74, 6) is 1.37. The molecule has 13 nitrogen and oxygen atoms in total. The molecule has 60 heavy (non-hydrogen) atoms. The number of nitrogens with zero attached hydrogens (tertiary/aromatic N) is 3. The summed E-state index contributed by atoms with van der Waals surface area (Å²) in [5, 5.41) is 9.26. The van der Waals surface area contributed by atoms with Gasteiger partial charge in [-0.25, -0.2) is 9.46 Å². The first kappa shape index (κ1) is 46.9. The number of rotatable bonds is 19. The van der Waals surface area contributed by atoms with Gasteiger partial charge in [-0.1, -0.05) is 75.4 Å². The molecule has 1 aromatic heterocycles. The first-order chi connectivity index (χ1) is 28.5. The Morgan fingerprint density at radius 1 is 0.850 bits per heavy atom. The third-order valence-electron chi connectivity index (χ3n) is 11.2. The summed E-state index contributed by atoms with van der Waals surface area (Å²) in [4.78, 5) is 28.4. The zero-order chi connectivity index (χ0) is 43.8. The van der Waals surface area contributed by atoms with E-state index in [0.29, 0.717) is 11.5 Å². The molecule has 0 aliphatic carbocycles. The molecule has 2 heterocycles. The highest BCUT2D eigenvalue weighted by Gasteiger charge is 2.54. The summed E-state index contributed by atoms with van der Waals surface area (Å²) in [5.41, 5.74) is 0.119. The standard InChI is InChI=1S/C45H61N4O9PSi/c1-31(2)49(32(3)4)59(55-29-15-27-46)57-40-38(56-42(48-28-26-39(50)47-43(48)51)41(40)58-60(10,11)44(5,6)7)30-54-45(33-16-13-12-14-17-33,34-18-22-36(52-8)23-19-34)35-20-24-37(53-9)25-21-35/h12-14,16-26,28,31-32,38,40-42H,15,29-30H2,1-11H3,(H,47,50,51)/t38-,40-,41+,42-,59?/m1/s1. The fourth-order valence-electron chi connectivity index (χ4n) is 7.14. The molecule has 5 rings (SSSR count). The molecule has 3 aromatic carbocycles. The van der Waals surface area contributed by atoms with Gasteiger partial charge in [-0.2, -0.15) is 5.26 Å². The molecule has 324 valence electrons. The maximum absolute atomic E-state index is 13.6. The minimum atomic E-state index is -2.64. The van der Waals surface area contributed by atoms with Crippen molar-refractivity contribution < 1.29 is 32.4 Å². The second kappa shape index (κ2) is 20.1. The average molecular weight is 861 g/mol. The van der Waals surface area contributed by atoms with Crippen LogP contribution in [0.25, 0.3) is 0 Å². The number of H-pyrrole nitrogens is 1. The van der Waals surface area contributed by atoms with Crippen molar-refractivity contribution in [1.82, 2.24) is 14.2 Å². The molecule has 1 unspecified atom stereocenters. The zero-order valence-electron chi connectivity index (χ0n) is 36.7. The molecule has 0 amide bonds. The van der Waals surface area contributed by atoms with Gasteiger partial charge in [-0.15, -0.1) is 0 Å². The lowest BCUT2D eigenvalue weighted by molar-refractivity contribution is -0.0943. The second-order valence-corrected chi connectivity index (χ2v) is 23.0. The van der Waals surface area contributed by atoms with Crippen LogP contribution in [0.2, 0.25) is 18.1 Å². The Labute approximate surface area is 356 Å². The van der Waals surface area contributed by atoms with Gasteiger partial charge in [0.05, 0.1) is 39.9 Å². The van der Waals surface area contributed by atoms with Crippen molar-refractivity contribution in [3.8, 4) is 17.6 Å². The average Bonchev–Trinajstić information content (AvgIpc) is 3.53. The van der Waals surface area contributed by atoms with Crippen LogP contribution in [0.3, 0.4) is 0 Å². The summed E-state index contributed by atoms with van der Waals surface area (Å²) in [6, 6.07) is 29.0. The summed E-state index contributed by atoms with van der Waals surface area (Å²) in [6.07, 6.45) is -2.01. The maximum Gasteiger partial charge on any atom is 0.330 e. The van der Waals surface area contributed by atoms with Crippen molar-refractivity contribution in [1.29, 1.82) is 5.26 Å². The van der Waals surface area contributed by atoms with Crippen LogP contribution in [0.4, 0.5) is 0 Å². The monoisotopic (exact) mass is 860 g/mol. The molecule has 15 heteroatoms. The fourth-order valence-corrected chi connectivity index (χ4v) is 10.2. The first-order valence-corrected chi connectivity index (χ1v) is 24.4. The Kier molecular flexibility index (Phi) is 15.7. The molecule has 0 saturated carbocycles. The quantitative estimate of drug-likeness (QED) is 0.0419. The van der Waals surface area contributed by atoms with Crippen molar-refractivity contribution in [2.75, 3.05) is 27.4 Å². The molecular weight excluding hydrogens is 800 g/mol. The first-order valence-electron chi connectivity index (χ1n) is 20.4. The number of methoxy groups -OCH3 is 2. The van der Waals surface area contributed by atoms with Crippen molar-refractivity contribution in [2.24, 2.45) is 0 Å². The summed E-state index contributed by atoms with van der Waals surface area (Å²) in [6.45, 7) is 19.1. The Hall–Kier alpha value is -4.16. The van der Waals surface area contributed by atoms with Gasteiger partial charge in [0.1, 0.15) is 35.4 Å². The molecule has 4 aromatic rings. The molecule has 1 saturated heterocycles. The molecule has 0 bridgehead atoms. The highest BCUT2D eigenvalue weighted by Crippen LogP contribution is 2.52. The van der Waals surface area contributed by atoms with Crippen LogP contribution in [0, 0.1) is 11.3 Å². The smallest absolute Gasteiger partial charge is 0.330 e. The normalized spacial score (nSPS) is 19.1. The number of aromatic amines is 1. The van der Waals surface area contributed by atoms with Crippen LogP contribution in [-0.2, 0) is 28.5 Å². The van der Waals surface area contributed by atoms with Gasteiger partial charge in [-0.3, -0.25) is 14.3 Å². The van der Waals surface area contributed by atoms with E-state index in [1.807, 2.05) is 78.9 Å². The van der Waals surface area contributed by atoms with Crippen molar-refractivity contribution in [2.45, 2.75) is 115 Å². The minimum Gasteiger partial charge on any atom is -0.497 e. The molecule has 1 N–H and O–H groups in total. The molecule has 1 aliphatic rings. The lowest BCUT2D eigenvalue weighted by Crippen LogP contribution is -2.50. The summed E-state index contributed by atoms with van der Waals surface area (Å²) in [7, 11) is -1.20. The van der Waals surface area contributed by atoms with E-state index in [1.54, 1.807) is 14.2 Å². The van der Waals surface area contributed by atoms with E-state index in [9.17, 15) is 14.9 Å². The van der Waals surface area contributed by atoms with Crippen LogP contribution in [0.1, 0.15) is 77.8 Å². The van der Waals surface area contributed by atoms with E-state index in [0.717, 1.165) is 16.7 Å². The van der Waals surface area contributed by atoms with Crippen LogP contribution < -0.4 is 20.7 Å². The van der Waals surface area contributed by atoms with Crippen molar-refractivity contribution in [3.05, 3.63) is 129 Å². The SMILES string of the molecule is COc1ccc(C(OC[C@H]2O[C@@H](n3ccc(=O)[nH]c3=O)[C@@H](O[Si](C)(C)C(C)(C)C)[C@@H]2OP(OCCC#N)N(C(C)C)C(C)C)(c2ccccc2)c2ccc(OC)cc2)cc1. The van der Waals surface area contributed by atoms with E-state index in [-0.39, 0.29) is 36.8 Å². The van der Waals surface area contributed by atoms with Crippen LogP contribution in [-0.4, -0.2) is 80.4 Å². The number of hydrogen-bond donors (Lipinski definition) is 1. The largest absolute Gasteiger partial charge is 0.497 e. The fraction of sp³-hybridized carbons (Fsp3) is 0.489. The van der Waals surface area contributed by atoms with Gasteiger partial charge < -0.3 is 32.4 Å². The van der Waals surface area contributed by atoms with E-state index >= 15 is 0 Å². The van der Waals surface area contributed by atoms with Crippen molar-refractivity contribution >= 4 is 16.8 Å². The molecule has 5 atom stereocenters. The molecule has 0 radical (unpaired) electrons. The van der Waals surface area contributed by atoms with Crippen molar-refractivity contribution in [3.63, 3.8) is 0 Å². The Morgan fingerprint density at radius 3 is 1.88 bits per heavy atom. The van der Waals surface area contributed by atoms with Gasteiger partial charge in [0.25, 0.3) is 14.1 Å². The van der Waals surface area contributed by atoms with Gasteiger partial charge in [-0.05, 0) is 86.8 Å². The van der Waals surface area contributed by atoms with Crippen LogP contribution in [0.15, 0.2) is 101 Å². The van der Waals surface area contributed by atoms with Gasteiger partial charge in [0, 0.05) is 24.3 Å². The third kappa shape index (κ3) is 10.5. The number of benzene rings is 3. The minimum absolute atomic E-state index is 0.00321. The molecule has 1 aliphatic heterocycles. The Bertz CT molecular complexity index is 2080. The van der Waals surface area contributed by atoms with E-state index in [2.05, 4.69) is 77.3 Å². The molecule has 0 spiro atoms. The van der Waals surface area contributed by atoms with E-state index in [4.69, 9.17) is 32.4 Å².